The summed E-state index contributed by atoms with van der Waals surface area (Å²) in [7, 11) is 0. The third-order valence-electron chi connectivity index (χ3n) is 4.48. The molecule has 1 saturated carbocycles. The molecule has 3 rings (SSSR count). The van der Waals surface area contributed by atoms with E-state index in [1.807, 2.05) is 23.6 Å². The summed E-state index contributed by atoms with van der Waals surface area (Å²) in [6.45, 7) is 0.577. The molecular weight excluding hydrogens is 354 g/mol. The van der Waals surface area contributed by atoms with Crippen LogP contribution < -0.4 is 10.1 Å². The summed E-state index contributed by atoms with van der Waals surface area (Å²) < 4.78 is 5.51. The topological polar surface area (TPSA) is 38.3 Å². The summed E-state index contributed by atoms with van der Waals surface area (Å²) in [5.74, 6) is 6.56. The number of hydrogen-bond acceptors (Lipinski definition) is 3. The summed E-state index contributed by atoms with van der Waals surface area (Å²) in [5, 5.41) is 5.58. The first-order valence-corrected chi connectivity index (χ1v) is 9.63. The molecule has 0 bridgehead atoms. The molecule has 0 aliphatic heterocycles. The fourth-order valence-corrected chi connectivity index (χ4v) is 4.37. The molecule has 3 nitrogen and oxygen atoms in total. The van der Waals surface area contributed by atoms with Crippen LogP contribution in [0.4, 0.5) is 0 Å². The average Bonchev–Trinajstić information content (AvgIpc) is 3.30. The maximum atomic E-state index is 12.7. The lowest BCUT2D eigenvalue weighted by molar-refractivity contribution is -0.126. The van der Waals surface area contributed by atoms with Gasteiger partial charge in [0, 0.05) is 4.88 Å². The van der Waals surface area contributed by atoms with Gasteiger partial charge in [-0.1, -0.05) is 54.5 Å². The van der Waals surface area contributed by atoms with Crippen molar-refractivity contribution >= 4 is 28.8 Å². The number of halogens is 1. The smallest absolute Gasteiger partial charge is 0.232 e. The number of hydrogen-bond donors (Lipinski definition) is 1. The molecule has 1 aliphatic carbocycles. The largest absolute Gasteiger partial charge is 0.479 e. The van der Waals surface area contributed by atoms with Gasteiger partial charge in [0.2, 0.25) is 5.91 Å². The maximum Gasteiger partial charge on any atom is 0.232 e. The van der Waals surface area contributed by atoms with Crippen molar-refractivity contribution in [3.8, 4) is 17.6 Å². The van der Waals surface area contributed by atoms with Gasteiger partial charge in [0.1, 0.15) is 12.4 Å². The number of amides is 1. The molecule has 0 unspecified atom stereocenters. The Bertz CT molecular complexity index is 770. The van der Waals surface area contributed by atoms with Crippen molar-refractivity contribution in [1.82, 2.24) is 5.32 Å². The molecule has 1 N–H and O–H groups in total. The zero-order valence-corrected chi connectivity index (χ0v) is 15.5. The normalized spacial score (nSPS) is 15.2. The van der Waals surface area contributed by atoms with Crippen LogP contribution in [-0.2, 0) is 10.2 Å². The Morgan fingerprint density at radius 2 is 2.00 bits per heavy atom. The quantitative estimate of drug-likeness (QED) is 0.788. The van der Waals surface area contributed by atoms with Crippen LogP contribution >= 0.6 is 22.9 Å². The molecule has 1 aliphatic rings. The minimum absolute atomic E-state index is 0.0915. The molecule has 25 heavy (non-hydrogen) atoms. The van der Waals surface area contributed by atoms with Crippen molar-refractivity contribution in [2.75, 3.05) is 13.2 Å². The third kappa shape index (κ3) is 4.18. The van der Waals surface area contributed by atoms with Crippen LogP contribution in [0.25, 0.3) is 0 Å². The van der Waals surface area contributed by atoms with Crippen LogP contribution in [0.5, 0.6) is 5.75 Å². The Morgan fingerprint density at radius 1 is 1.20 bits per heavy atom. The highest BCUT2D eigenvalue weighted by Crippen LogP contribution is 2.43. The van der Waals surface area contributed by atoms with Crippen molar-refractivity contribution in [2.45, 2.75) is 31.1 Å². The summed E-state index contributed by atoms with van der Waals surface area (Å²) in [6, 6.07) is 11.4. The van der Waals surface area contributed by atoms with Crippen molar-refractivity contribution < 1.29 is 9.53 Å². The lowest BCUT2D eigenvalue weighted by Gasteiger charge is -2.26. The molecule has 1 aromatic carbocycles. The van der Waals surface area contributed by atoms with E-state index < -0.39 is 0 Å². The van der Waals surface area contributed by atoms with E-state index in [2.05, 4.69) is 23.2 Å². The minimum atomic E-state index is -0.357. The van der Waals surface area contributed by atoms with Gasteiger partial charge in [-0.2, -0.15) is 0 Å². The molecule has 0 spiro atoms. The fourth-order valence-electron chi connectivity index (χ4n) is 3.20. The molecule has 130 valence electrons. The molecule has 0 radical (unpaired) electrons. The first-order chi connectivity index (χ1) is 12.2. The van der Waals surface area contributed by atoms with Gasteiger partial charge in [-0.05, 0) is 36.4 Å². The van der Waals surface area contributed by atoms with Gasteiger partial charge in [0.05, 0.1) is 17.0 Å². The fraction of sp³-hybridized carbons (Fsp3) is 0.350. The minimum Gasteiger partial charge on any atom is -0.479 e. The van der Waals surface area contributed by atoms with Gasteiger partial charge in [0.15, 0.2) is 0 Å². The number of rotatable bonds is 5. The Morgan fingerprint density at radius 3 is 2.72 bits per heavy atom. The van der Waals surface area contributed by atoms with Crippen LogP contribution in [0.3, 0.4) is 0 Å². The number of nitrogens with one attached hydrogen (secondary N) is 1. The van der Waals surface area contributed by atoms with Gasteiger partial charge < -0.3 is 10.1 Å². The molecule has 1 aromatic heterocycles. The Kier molecular flexibility index (Phi) is 6.01. The summed E-state index contributed by atoms with van der Waals surface area (Å²) in [6.07, 6.45) is 4.04. The predicted molar refractivity (Wildman–Crippen MR) is 102 cm³/mol. The molecule has 0 atom stereocenters. The number of benzene rings is 1. The van der Waals surface area contributed by atoms with Crippen LogP contribution in [0.1, 0.15) is 30.6 Å². The highest BCUT2D eigenvalue weighted by Gasteiger charge is 2.43. The Hall–Kier alpha value is -1.96. The van der Waals surface area contributed by atoms with Crippen LogP contribution in [0.2, 0.25) is 5.02 Å². The molecule has 2 aromatic rings. The van der Waals surface area contributed by atoms with Gasteiger partial charge in [0.25, 0.3) is 0 Å². The van der Waals surface area contributed by atoms with E-state index in [4.69, 9.17) is 16.3 Å². The second kappa shape index (κ2) is 8.42. The van der Waals surface area contributed by atoms with Gasteiger partial charge >= 0.3 is 0 Å². The van der Waals surface area contributed by atoms with Gasteiger partial charge in [-0.3, -0.25) is 4.79 Å². The highest BCUT2D eigenvalue weighted by atomic mass is 35.5. The lowest BCUT2D eigenvalue weighted by Crippen LogP contribution is -2.42. The molecule has 5 heteroatoms. The standard InChI is InChI=1S/C20H20ClNO2S/c21-16-8-1-2-9-17(16)24-14-6-5-13-22-19(23)20(11-3-4-12-20)18-10-7-15-25-18/h1-2,7-10,15H,3-4,11-14H2,(H,22,23). The second-order valence-corrected chi connectivity index (χ2v) is 7.38. The molecular formula is C20H20ClNO2S. The first kappa shape index (κ1) is 17.8. The van der Waals surface area contributed by atoms with Crippen LogP contribution in [-0.4, -0.2) is 19.1 Å². The van der Waals surface area contributed by atoms with Gasteiger partial charge in [-0.15, -0.1) is 11.3 Å². The predicted octanol–water partition coefficient (Wildman–Crippen LogP) is 4.41. The van der Waals surface area contributed by atoms with Crippen molar-refractivity contribution in [2.24, 2.45) is 0 Å². The van der Waals surface area contributed by atoms with E-state index in [1.165, 1.54) is 0 Å². The zero-order chi connectivity index (χ0) is 17.5. The molecule has 1 amide bonds. The van der Waals surface area contributed by atoms with E-state index in [9.17, 15) is 4.79 Å². The van der Waals surface area contributed by atoms with E-state index in [-0.39, 0.29) is 17.9 Å². The molecule has 1 fully saturated rings. The number of carbonyl (C=O) groups is 1. The van der Waals surface area contributed by atoms with E-state index in [0.29, 0.717) is 17.3 Å². The number of carbonyl (C=O) groups excluding carboxylic acids is 1. The van der Waals surface area contributed by atoms with E-state index in [1.54, 1.807) is 23.5 Å². The zero-order valence-electron chi connectivity index (χ0n) is 13.9. The number of thiophene rings is 1. The summed E-state index contributed by atoms with van der Waals surface area (Å²) in [4.78, 5) is 13.9. The summed E-state index contributed by atoms with van der Waals surface area (Å²) >= 11 is 7.68. The Labute approximate surface area is 157 Å². The number of para-hydroxylation sites is 1. The monoisotopic (exact) mass is 373 g/mol. The maximum absolute atomic E-state index is 12.7. The lowest BCUT2D eigenvalue weighted by atomic mass is 9.83. The number of ether oxygens (including phenoxy) is 1. The van der Waals surface area contributed by atoms with Crippen molar-refractivity contribution in [3.63, 3.8) is 0 Å². The van der Waals surface area contributed by atoms with Crippen LogP contribution in [0, 0.1) is 11.8 Å². The van der Waals surface area contributed by atoms with Gasteiger partial charge in [-0.25, -0.2) is 0 Å². The molecule has 0 saturated heterocycles. The van der Waals surface area contributed by atoms with Crippen LogP contribution in [0.15, 0.2) is 41.8 Å². The van der Waals surface area contributed by atoms with E-state index >= 15 is 0 Å². The second-order valence-electron chi connectivity index (χ2n) is 6.02. The molecule has 1 heterocycles. The van der Waals surface area contributed by atoms with E-state index in [0.717, 1.165) is 30.6 Å². The summed E-state index contributed by atoms with van der Waals surface area (Å²) in [5.41, 5.74) is -0.357. The SMILES string of the molecule is O=C(NCC#CCOc1ccccc1Cl)C1(c2cccs2)CCCC1. The average molecular weight is 374 g/mol. The van der Waals surface area contributed by atoms with Crippen molar-refractivity contribution in [1.29, 1.82) is 0 Å². The Balaban J connectivity index is 1.50. The third-order valence-corrected chi connectivity index (χ3v) is 5.87. The van der Waals surface area contributed by atoms with Crippen molar-refractivity contribution in [3.05, 3.63) is 51.7 Å². The first-order valence-electron chi connectivity index (χ1n) is 8.38. The highest BCUT2D eigenvalue weighted by molar-refractivity contribution is 7.10.